The number of nitrogens with one attached hydrogen (secondary N) is 3. The number of anilines is 2. The van der Waals surface area contributed by atoms with Gasteiger partial charge >= 0.3 is 0 Å². The molecule has 0 atom stereocenters. The first-order valence-corrected chi connectivity index (χ1v) is 6.04. The molecular formula is C13H15N5O2. The van der Waals surface area contributed by atoms with E-state index in [4.69, 9.17) is 0 Å². The summed E-state index contributed by atoms with van der Waals surface area (Å²) in [7, 11) is 0. The van der Waals surface area contributed by atoms with E-state index in [0.29, 0.717) is 17.2 Å². The zero-order chi connectivity index (χ0) is 14.7. The minimum atomic E-state index is -0.405. The molecule has 0 aliphatic rings. The van der Waals surface area contributed by atoms with E-state index in [9.17, 15) is 9.59 Å². The van der Waals surface area contributed by atoms with E-state index in [-0.39, 0.29) is 11.7 Å². The van der Waals surface area contributed by atoms with E-state index in [1.54, 1.807) is 19.1 Å². The van der Waals surface area contributed by atoms with E-state index < -0.39 is 5.91 Å². The van der Waals surface area contributed by atoms with Gasteiger partial charge in [-0.2, -0.15) is 0 Å². The molecule has 1 aromatic heterocycles. The second kappa shape index (κ2) is 5.52. The van der Waals surface area contributed by atoms with E-state index in [0.717, 1.165) is 5.56 Å². The molecule has 0 bridgehead atoms. The number of aromatic amines is 1. The summed E-state index contributed by atoms with van der Waals surface area (Å²) in [4.78, 5) is 27.0. The highest BCUT2D eigenvalue weighted by molar-refractivity contribution is 6.02. The van der Waals surface area contributed by atoms with Crippen molar-refractivity contribution in [2.24, 2.45) is 0 Å². The fraction of sp³-hybridized carbons (Fsp3) is 0.231. The molecule has 0 aliphatic heterocycles. The second-order valence-electron chi connectivity index (χ2n) is 4.41. The van der Waals surface area contributed by atoms with Crippen LogP contribution in [0.25, 0.3) is 0 Å². The SMILES string of the molecule is CC(=O)Nc1ccc(C)c(NC(=O)c2n[nH]c(C)n2)c1. The molecule has 1 aromatic carbocycles. The molecule has 7 nitrogen and oxygen atoms in total. The van der Waals surface area contributed by atoms with Crippen LogP contribution in [0.2, 0.25) is 0 Å². The lowest BCUT2D eigenvalue weighted by Crippen LogP contribution is -2.15. The smallest absolute Gasteiger partial charge is 0.295 e. The zero-order valence-corrected chi connectivity index (χ0v) is 11.4. The van der Waals surface area contributed by atoms with Gasteiger partial charge in [0.25, 0.3) is 5.91 Å². The monoisotopic (exact) mass is 273 g/mol. The van der Waals surface area contributed by atoms with Gasteiger partial charge in [-0.25, -0.2) is 4.98 Å². The normalized spacial score (nSPS) is 10.2. The van der Waals surface area contributed by atoms with Crippen molar-refractivity contribution in [2.45, 2.75) is 20.8 Å². The van der Waals surface area contributed by atoms with Crippen LogP contribution in [0.15, 0.2) is 18.2 Å². The van der Waals surface area contributed by atoms with Crippen LogP contribution in [0, 0.1) is 13.8 Å². The van der Waals surface area contributed by atoms with E-state index in [2.05, 4.69) is 25.8 Å². The number of aromatic nitrogens is 3. The molecule has 0 aliphatic carbocycles. The summed E-state index contributed by atoms with van der Waals surface area (Å²) in [5.41, 5.74) is 2.09. The molecule has 2 amide bonds. The molecule has 104 valence electrons. The molecule has 7 heteroatoms. The predicted molar refractivity (Wildman–Crippen MR) is 74.6 cm³/mol. The first kappa shape index (κ1) is 13.7. The summed E-state index contributed by atoms with van der Waals surface area (Å²) in [6.45, 7) is 5.00. The number of carbonyl (C=O) groups is 2. The molecule has 0 fully saturated rings. The lowest BCUT2D eigenvalue weighted by atomic mass is 10.1. The maximum Gasteiger partial charge on any atom is 0.295 e. The summed E-state index contributed by atoms with van der Waals surface area (Å²) >= 11 is 0. The Morgan fingerprint density at radius 3 is 2.55 bits per heavy atom. The van der Waals surface area contributed by atoms with Gasteiger partial charge in [0.15, 0.2) is 0 Å². The van der Waals surface area contributed by atoms with E-state index in [1.165, 1.54) is 6.92 Å². The van der Waals surface area contributed by atoms with Crippen LogP contribution in [0.3, 0.4) is 0 Å². The summed E-state index contributed by atoms with van der Waals surface area (Å²) in [6.07, 6.45) is 0. The highest BCUT2D eigenvalue weighted by Gasteiger charge is 2.13. The number of rotatable bonds is 3. The van der Waals surface area contributed by atoms with Crippen molar-refractivity contribution in [3.63, 3.8) is 0 Å². The Kier molecular flexibility index (Phi) is 3.79. The van der Waals surface area contributed by atoms with Gasteiger partial charge in [0.1, 0.15) is 5.82 Å². The number of hydrogen-bond donors (Lipinski definition) is 3. The van der Waals surface area contributed by atoms with Crippen LogP contribution in [0.5, 0.6) is 0 Å². The number of amides is 2. The molecule has 2 rings (SSSR count). The number of nitrogens with zero attached hydrogens (tertiary/aromatic N) is 2. The third-order valence-electron chi connectivity index (χ3n) is 2.61. The fourth-order valence-corrected chi connectivity index (χ4v) is 1.66. The quantitative estimate of drug-likeness (QED) is 0.791. The Labute approximate surface area is 115 Å². The lowest BCUT2D eigenvalue weighted by molar-refractivity contribution is -0.114. The van der Waals surface area contributed by atoms with Gasteiger partial charge in [-0.05, 0) is 31.5 Å². The number of carbonyl (C=O) groups excluding carboxylic acids is 2. The largest absolute Gasteiger partial charge is 0.326 e. The molecule has 0 radical (unpaired) electrons. The topological polar surface area (TPSA) is 99.8 Å². The highest BCUT2D eigenvalue weighted by Crippen LogP contribution is 2.20. The van der Waals surface area contributed by atoms with Gasteiger partial charge in [0, 0.05) is 18.3 Å². The number of H-pyrrole nitrogens is 1. The highest BCUT2D eigenvalue weighted by atomic mass is 16.2. The van der Waals surface area contributed by atoms with E-state index in [1.807, 2.05) is 13.0 Å². The Morgan fingerprint density at radius 2 is 1.95 bits per heavy atom. The maximum atomic E-state index is 12.0. The molecule has 0 saturated carbocycles. The molecule has 0 saturated heterocycles. The van der Waals surface area contributed by atoms with Crippen LogP contribution in [0.1, 0.15) is 28.9 Å². The Balaban J connectivity index is 2.19. The van der Waals surface area contributed by atoms with Gasteiger partial charge in [-0.1, -0.05) is 6.07 Å². The summed E-state index contributed by atoms with van der Waals surface area (Å²) in [5.74, 6) is 0.0684. The molecule has 3 N–H and O–H groups in total. The van der Waals surface area contributed by atoms with Crippen molar-refractivity contribution in [1.29, 1.82) is 0 Å². The van der Waals surface area contributed by atoms with Crippen LogP contribution in [-0.4, -0.2) is 27.0 Å². The fourth-order valence-electron chi connectivity index (χ4n) is 1.66. The van der Waals surface area contributed by atoms with Gasteiger partial charge in [-0.3, -0.25) is 14.7 Å². The Bertz CT molecular complexity index is 663. The summed E-state index contributed by atoms with van der Waals surface area (Å²) < 4.78 is 0. The van der Waals surface area contributed by atoms with Crippen LogP contribution in [-0.2, 0) is 4.79 Å². The average Bonchev–Trinajstić information content (AvgIpc) is 2.79. The third kappa shape index (κ3) is 3.19. The molecule has 2 aromatic rings. The second-order valence-corrected chi connectivity index (χ2v) is 4.41. The Morgan fingerprint density at radius 1 is 1.20 bits per heavy atom. The summed E-state index contributed by atoms with van der Waals surface area (Å²) in [5, 5.41) is 11.8. The molecule has 0 spiro atoms. The standard InChI is InChI=1S/C13H15N5O2/c1-7-4-5-10(15-9(3)19)6-11(7)16-13(20)12-14-8(2)17-18-12/h4-6H,1-3H3,(H,15,19)(H,16,20)(H,14,17,18). The van der Waals surface area contributed by atoms with Gasteiger partial charge in [-0.15, -0.1) is 5.10 Å². The first-order chi connectivity index (χ1) is 9.45. The minimum absolute atomic E-state index is 0.0758. The predicted octanol–water partition coefficient (Wildman–Crippen LogP) is 1.63. The van der Waals surface area contributed by atoms with Crippen molar-refractivity contribution >= 4 is 23.2 Å². The molecule has 0 unspecified atom stereocenters. The Hall–Kier alpha value is -2.70. The van der Waals surface area contributed by atoms with Gasteiger partial charge in [0.2, 0.25) is 11.7 Å². The van der Waals surface area contributed by atoms with E-state index >= 15 is 0 Å². The minimum Gasteiger partial charge on any atom is -0.326 e. The molecular weight excluding hydrogens is 258 g/mol. The third-order valence-corrected chi connectivity index (χ3v) is 2.61. The molecule has 20 heavy (non-hydrogen) atoms. The van der Waals surface area contributed by atoms with Crippen molar-refractivity contribution in [2.75, 3.05) is 10.6 Å². The van der Waals surface area contributed by atoms with Crippen molar-refractivity contribution < 1.29 is 9.59 Å². The van der Waals surface area contributed by atoms with Crippen LogP contribution >= 0.6 is 0 Å². The van der Waals surface area contributed by atoms with Gasteiger partial charge < -0.3 is 10.6 Å². The molecule has 1 heterocycles. The first-order valence-electron chi connectivity index (χ1n) is 6.04. The summed E-state index contributed by atoms with van der Waals surface area (Å²) in [6, 6.07) is 5.27. The number of benzene rings is 1. The van der Waals surface area contributed by atoms with Crippen LogP contribution < -0.4 is 10.6 Å². The van der Waals surface area contributed by atoms with Crippen molar-refractivity contribution in [3.8, 4) is 0 Å². The van der Waals surface area contributed by atoms with Gasteiger partial charge in [0.05, 0.1) is 0 Å². The van der Waals surface area contributed by atoms with Crippen LogP contribution in [0.4, 0.5) is 11.4 Å². The van der Waals surface area contributed by atoms with Crippen molar-refractivity contribution in [3.05, 3.63) is 35.4 Å². The lowest BCUT2D eigenvalue weighted by Gasteiger charge is -2.09. The van der Waals surface area contributed by atoms with Crippen molar-refractivity contribution in [1.82, 2.24) is 15.2 Å². The number of aryl methyl sites for hydroxylation is 2. The zero-order valence-electron chi connectivity index (χ0n) is 11.4. The number of hydrogen-bond acceptors (Lipinski definition) is 4. The average molecular weight is 273 g/mol. The maximum absolute atomic E-state index is 12.0.